The zero-order valence-corrected chi connectivity index (χ0v) is 53.2. The van der Waals surface area contributed by atoms with Gasteiger partial charge in [0.05, 0.1) is 32.0 Å². The third-order valence-corrected chi connectivity index (χ3v) is 17.4. The van der Waals surface area contributed by atoms with Crippen LogP contribution in [0.15, 0.2) is 24.3 Å². The Bertz CT molecular complexity index is 1490. The van der Waals surface area contributed by atoms with Crippen molar-refractivity contribution in [3.63, 3.8) is 0 Å². The number of carbonyl (C=O) groups excluding carboxylic acids is 1. The molecule has 0 spiro atoms. The number of amides is 1. The van der Waals surface area contributed by atoms with E-state index in [1.54, 1.807) is 6.08 Å². The summed E-state index contributed by atoms with van der Waals surface area (Å²) in [6.45, 7) is 2.83. The molecule has 2 aliphatic rings. The molecule has 12 atom stereocenters. The van der Waals surface area contributed by atoms with E-state index in [0.29, 0.717) is 6.42 Å². The van der Waals surface area contributed by atoms with Crippen molar-refractivity contribution in [2.45, 2.75) is 389 Å². The fourth-order valence-corrected chi connectivity index (χ4v) is 11.8. The highest BCUT2D eigenvalue weighted by Gasteiger charge is 2.51. The Hall–Kier alpha value is -1.53. The molecule has 83 heavy (non-hydrogen) atoms. The first-order valence-corrected chi connectivity index (χ1v) is 35.1. The number of unbranched alkanes of at least 4 members (excludes halogenated alkanes) is 43. The molecule has 0 aromatic rings. The van der Waals surface area contributed by atoms with Gasteiger partial charge in [-0.05, 0) is 44.9 Å². The topological polar surface area (TPSA) is 228 Å². The highest BCUT2D eigenvalue weighted by molar-refractivity contribution is 5.76. The maximum absolute atomic E-state index is 13.3. The van der Waals surface area contributed by atoms with Crippen LogP contribution in [0.4, 0.5) is 0 Å². The predicted molar refractivity (Wildman–Crippen MR) is 337 cm³/mol. The van der Waals surface area contributed by atoms with Gasteiger partial charge in [-0.25, -0.2) is 0 Å². The predicted octanol–water partition coefficient (Wildman–Crippen LogP) is 14.0. The summed E-state index contributed by atoms with van der Waals surface area (Å²) in [4.78, 5) is 13.3. The van der Waals surface area contributed by atoms with Crippen LogP contribution >= 0.6 is 0 Å². The molecule has 2 heterocycles. The number of aliphatic hydroxyl groups is 8. The van der Waals surface area contributed by atoms with Crippen molar-refractivity contribution in [2.24, 2.45) is 0 Å². The van der Waals surface area contributed by atoms with Crippen LogP contribution in [-0.4, -0.2) is 140 Å². The SMILES string of the molecule is CCCCCCCC/C=C\CCCCCCCCCC(=O)NC(COC1OC(CO)C(OC2OC(CO)C(O)C(O)C2O)C(O)C1O)C(O)/C=C/CCCCCCCCCCCCCCCCCCCCCCCCCCCCCCCC. The van der Waals surface area contributed by atoms with Crippen molar-refractivity contribution >= 4 is 5.91 Å². The molecule has 9 N–H and O–H groups in total. The average Bonchev–Trinajstić information content (AvgIpc) is 3.65. The fourth-order valence-electron chi connectivity index (χ4n) is 11.8. The van der Waals surface area contributed by atoms with Gasteiger partial charge in [0, 0.05) is 6.42 Å². The Morgan fingerprint density at radius 2 is 0.759 bits per heavy atom. The van der Waals surface area contributed by atoms with Crippen LogP contribution < -0.4 is 5.32 Å². The molecule has 14 heteroatoms. The second kappa shape index (κ2) is 54.6. The lowest BCUT2D eigenvalue weighted by Gasteiger charge is -2.46. The molecule has 0 saturated carbocycles. The molecule has 0 aromatic carbocycles. The summed E-state index contributed by atoms with van der Waals surface area (Å²) in [5.74, 6) is -0.240. The lowest BCUT2D eigenvalue weighted by Crippen LogP contribution is -2.65. The first-order valence-electron chi connectivity index (χ1n) is 35.1. The van der Waals surface area contributed by atoms with Crippen LogP contribution in [0.3, 0.4) is 0 Å². The number of hydrogen-bond donors (Lipinski definition) is 9. The molecule has 2 aliphatic heterocycles. The van der Waals surface area contributed by atoms with Gasteiger partial charge in [-0.3, -0.25) is 4.79 Å². The minimum absolute atomic E-state index is 0.240. The van der Waals surface area contributed by atoms with Crippen LogP contribution in [0, 0.1) is 0 Å². The van der Waals surface area contributed by atoms with E-state index in [4.69, 9.17) is 18.9 Å². The van der Waals surface area contributed by atoms with Crippen molar-refractivity contribution in [3.8, 4) is 0 Å². The Kier molecular flexibility index (Phi) is 51.0. The van der Waals surface area contributed by atoms with Crippen LogP contribution in [0.25, 0.3) is 0 Å². The highest BCUT2D eigenvalue weighted by atomic mass is 16.7. The molecule has 0 bridgehead atoms. The second-order valence-corrected chi connectivity index (χ2v) is 25.0. The first kappa shape index (κ1) is 77.6. The third kappa shape index (κ3) is 39.2. The number of ether oxygens (including phenoxy) is 4. The number of carbonyl (C=O) groups is 1. The number of rotatable bonds is 58. The van der Waals surface area contributed by atoms with E-state index in [2.05, 4.69) is 31.3 Å². The normalized spacial score (nSPS) is 23.9. The summed E-state index contributed by atoms with van der Waals surface area (Å²) in [5.41, 5.74) is 0. The highest BCUT2D eigenvalue weighted by Crippen LogP contribution is 2.30. The number of allylic oxidation sites excluding steroid dienone is 3. The molecular weight excluding hydrogens is 1050 g/mol. The molecular formula is C69H131NO13. The lowest BCUT2D eigenvalue weighted by molar-refractivity contribution is -0.359. The Labute approximate surface area is 507 Å². The van der Waals surface area contributed by atoms with Gasteiger partial charge < -0.3 is 65.1 Å². The molecule has 14 nitrogen and oxygen atoms in total. The van der Waals surface area contributed by atoms with Gasteiger partial charge >= 0.3 is 0 Å². The van der Waals surface area contributed by atoms with Gasteiger partial charge in [0.15, 0.2) is 12.6 Å². The van der Waals surface area contributed by atoms with E-state index in [0.717, 1.165) is 44.9 Å². The van der Waals surface area contributed by atoms with Gasteiger partial charge in [0.2, 0.25) is 5.91 Å². The molecule has 0 aliphatic carbocycles. The van der Waals surface area contributed by atoms with Gasteiger partial charge in [-0.2, -0.15) is 0 Å². The van der Waals surface area contributed by atoms with Crippen molar-refractivity contribution in [1.82, 2.24) is 5.32 Å². The van der Waals surface area contributed by atoms with Crippen LogP contribution in [0.2, 0.25) is 0 Å². The zero-order chi connectivity index (χ0) is 60.2. The van der Waals surface area contributed by atoms with Crippen molar-refractivity contribution in [2.75, 3.05) is 19.8 Å². The third-order valence-electron chi connectivity index (χ3n) is 17.4. The van der Waals surface area contributed by atoms with E-state index in [9.17, 15) is 45.6 Å². The molecule has 1 amide bonds. The second-order valence-electron chi connectivity index (χ2n) is 25.0. The van der Waals surface area contributed by atoms with Gasteiger partial charge in [0.25, 0.3) is 0 Å². The van der Waals surface area contributed by atoms with Gasteiger partial charge in [0.1, 0.15) is 48.8 Å². The summed E-state index contributed by atoms with van der Waals surface area (Å²) in [6, 6.07) is -0.916. The van der Waals surface area contributed by atoms with Gasteiger partial charge in [-0.15, -0.1) is 0 Å². The van der Waals surface area contributed by atoms with E-state index in [-0.39, 0.29) is 18.9 Å². The lowest BCUT2D eigenvalue weighted by atomic mass is 9.97. The summed E-state index contributed by atoms with van der Waals surface area (Å²) >= 11 is 0. The molecule has 2 saturated heterocycles. The van der Waals surface area contributed by atoms with E-state index < -0.39 is 86.8 Å². The van der Waals surface area contributed by atoms with Crippen LogP contribution in [0.5, 0.6) is 0 Å². The van der Waals surface area contributed by atoms with Crippen molar-refractivity contribution < 1.29 is 64.6 Å². The summed E-state index contributed by atoms with van der Waals surface area (Å²) in [5, 5.41) is 87.4. The summed E-state index contributed by atoms with van der Waals surface area (Å²) in [7, 11) is 0. The number of nitrogens with one attached hydrogen (secondary N) is 1. The fraction of sp³-hybridized carbons (Fsp3) is 0.928. The quantitative estimate of drug-likeness (QED) is 0.0204. The number of aliphatic hydroxyl groups excluding tert-OH is 8. The van der Waals surface area contributed by atoms with E-state index >= 15 is 0 Å². The molecule has 12 unspecified atom stereocenters. The Balaban J connectivity index is 1.65. The average molecular weight is 1180 g/mol. The van der Waals surface area contributed by atoms with Crippen molar-refractivity contribution in [3.05, 3.63) is 24.3 Å². The largest absolute Gasteiger partial charge is 0.394 e. The Morgan fingerprint density at radius 3 is 1.14 bits per heavy atom. The number of hydrogen-bond acceptors (Lipinski definition) is 13. The molecule has 2 fully saturated rings. The smallest absolute Gasteiger partial charge is 0.220 e. The standard InChI is InChI=1S/C69H131NO13/c1-3-5-7-9-11-13-15-17-19-21-22-23-24-25-26-27-28-29-30-31-32-33-34-35-37-38-40-42-44-46-48-50-52-58(73)57(70-61(74)53-51-49-47-45-43-41-39-36-20-18-16-14-12-10-8-6-4-2)56-80-68-66(79)64(77)67(60(55-72)82-68)83-69-65(78)63(76)62(75)59(54-71)81-69/h18,20,50,52,57-60,62-69,71-73,75-79H,3-17,19,21-49,51,53-56H2,1-2H3,(H,70,74)/b20-18-,52-50+. The monoisotopic (exact) mass is 1180 g/mol. The van der Waals surface area contributed by atoms with E-state index in [1.165, 1.54) is 244 Å². The first-order chi connectivity index (χ1) is 40.6. The van der Waals surface area contributed by atoms with E-state index in [1.807, 2.05) is 6.08 Å². The van der Waals surface area contributed by atoms with Crippen LogP contribution in [0.1, 0.15) is 316 Å². The van der Waals surface area contributed by atoms with Crippen LogP contribution in [-0.2, 0) is 23.7 Å². The molecule has 490 valence electrons. The Morgan fingerprint density at radius 1 is 0.422 bits per heavy atom. The molecule has 0 aromatic heterocycles. The molecule has 0 radical (unpaired) electrons. The van der Waals surface area contributed by atoms with Crippen molar-refractivity contribution in [1.29, 1.82) is 0 Å². The maximum Gasteiger partial charge on any atom is 0.220 e. The van der Waals surface area contributed by atoms with Gasteiger partial charge in [-0.1, -0.05) is 289 Å². The summed E-state index contributed by atoms with van der Waals surface area (Å²) < 4.78 is 22.8. The summed E-state index contributed by atoms with van der Waals surface area (Å²) in [6.07, 6.45) is 51.0. The molecule has 2 rings (SSSR count). The maximum atomic E-state index is 13.3. The zero-order valence-electron chi connectivity index (χ0n) is 53.2. The minimum Gasteiger partial charge on any atom is -0.394 e. The minimum atomic E-state index is -1.79.